The first-order valence-corrected chi connectivity index (χ1v) is 14.6. The first-order chi connectivity index (χ1) is 17.6. The van der Waals surface area contributed by atoms with Crippen molar-refractivity contribution >= 4 is 50.8 Å². The SMILES string of the molecule is N=CN[C@@H]1O[C@@H]2CO[P@](=O)(S)O[C@@H]3C(O)[C@H](n4cnc5c(=O)[nH]c(N)nc54)O[C@@H]3CO[PH](=O)OC2C1O. The maximum absolute atomic E-state index is 13.0. The van der Waals surface area contributed by atoms with Gasteiger partial charge in [-0.25, -0.2) is 9.55 Å². The fraction of sp³-hybridized carbons (Fsp3) is 0.625. The Balaban J connectivity index is 1.41. The summed E-state index contributed by atoms with van der Waals surface area (Å²) in [6.07, 6.45) is -8.18. The van der Waals surface area contributed by atoms with Gasteiger partial charge in [0.25, 0.3) is 5.56 Å². The van der Waals surface area contributed by atoms with Gasteiger partial charge in [-0.2, -0.15) is 4.98 Å². The lowest BCUT2D eigenvalue weighted by Gasteiger charge is -2.27. The maximum atomic E-state index is 13.0. The van der Waals surface area contributed by atoms with Crippen LogP contribution in [-0.2, 0) is 36.7 Å². The predicted molar refractivity (Wildman–Crippen MR) is 126 cm³/mol. The normalized spacial score (nSPS) is 40.9. The van der Waals surface area contributed by atoms with E-state index in [1.807, 2.05) is 0 Å². The van der Waals surface area contributed by atoms with Crippen LogP contribution in [0.4, 0.5) is 5.95 Å². The Labute approximate surface area is 212 Å². The minimum atomic E-state index is -4.20. The second kappa shape index (κ2) is 10.3. The number of nitrogens with one attached hydrogen (secondary N) is 3. The molecule has 204 valence electrons. The number of aromatic nitrogens is 4. The zero-order valence-corrected chi connectivity index (χ0v) is 21.4. The highest BCUT2D eigenvalue weighted by molar-refractivity contribution is 8.44. The number of H-pyrrole nitrogens is 1. The van der Waals surface area contributed by atoms with Gasteiger partial charge in [0.05, 0.1) is 25.9 Å². The Bertz CT molecular complexity index is 1310. The molecule has 0 saturated carbocycles. The Hall–Kier alpha value is -1.89. The van der Waals surface area contributed by atoms with Gasteiger partial charge in [0.1, 0.15) is 36.6 Å². The monoisotopic (exact) mass is 583 g/mol. The molecular weight excluding hydrogens is 560 g/mol. The molecule has 2 aromatic heterocycles. The van der Waals surface area contributed by atoms with Crippen LogP contribution in [0.5, 0.6) is 0 Å². The molecule has 4 unspecified atom stereocenters. The summed E-state index contributed by atoms with van der Waals surface area (Å²) in [6.45, 7) is -5.15. The van der Waals surface area contributed by atoms with Gasteiger partial charge in [0.15, 0.2) is 23.6 Å². The molecule has 5 heterocycles. The zero-order chi connectivity index (χ0) is 26.5. The molecule has 3 aliphatic heterocycles. The van der Waals surface area contributed by atoms with E-state index in [1.54, 1.807) is 0 Å². The number of fused-ring (bicyclic) bond motifs is 3. The average molecular weight is 583 g/mol. The summed E-state index contributed by atoms with van der Waals surface area (Å²) in [7, 11) is -3.27. The molecule has 0 bridgehead atoms. The minimum absolute atomic E-state index is 0.00204. The van der Waals surface area contributed by atoms with Gasteiger partial charge in [-0.05, 0) is 0 Å². The van der Waals surface area contributed by atoms with Gasteiger partial charge in [-0.15, -0.1) is 0 Å². The van der Waals surface area contributed by atoms with E-state index in [0.717, 1.165) is 6.34 Å². The molecule has 21 heteroatoms. The summed E-state index contributed by atoms with van der Waals surface area (Å²) in [5.74, 6) is -0.199. The number of nitrogen functional groups attached to an aromatic ring is 1. The van der Waals surface area contributed by atoms with Gasteiger partial charge >= 0.3 is 15.1 Å². The summed E-state index contributed by atoms with van der Waals surface area (Å²) in [4.78, 5) is 22.4. The molecule has 3 fully saturated rings. The third-order valence-electron chi connectivity index (χ3n) is 5.87. The average Bonchev–Trinajstić information content (AvgIpc) is 3.47. The Morgan fingerprint density at radius 2 is 2.05 bits per heavy atom. The molecule has 3 aliphatic rings. The Kier molecular flexibility index (Phi) is 7.47. The van der Waals surface area contributed by atoms with Crippen molar-refractivity contribution in [2.45, 2.75) is 49.1 Å². The number of rotatable bonds is 3. The number of imidazole rings is 1. The Morgan fingerprint density at radius 1 is 1.30 bits per heavy atom. The van der Waals surface area contributed by atoms with Crippen molar-refractivity contribution in [3.63, 3.8) is 0 Å². The number of thiol groups is 1. The minimum Gasteiger partial charge on any atom is -0.386 e. The van der Waals surface area contributed by atoms with Crippen molar-refractivity contribution in [3.8, 4) is 0 Å². The van der Waals surface area contributed by atoms with Crippen LogP contribution in [0.3, 0.4) is 0 Å². The van der Waals surface area contributed by atoms with Gasteiger partial charge in [-0.3, -0.25) is 33.4 Å². The van der Waals surface area contributed by atoms with E-state index in [9.17, 15) is 24.1 Å². The molecule has 5 rings (SSSR count). The smallest absolute Gasteiger partial charge is 0.386 e. The van der Waals surface area contributed by atoms with Crippen molar-refractivity contribution in [1.82, 2.24) is 24.8 Å². The molecule has 2 aromatic rings. The third kappa shape index (κ3) is 5.22. The summed E-state index contributed by atoms with van der Waals surface area (Å²) in [5.41, 5.74) is 4.94. The van der Waals surface area contributed by atoms with Crippen LogP contribution < -0.4 is 16.6 Å². The van der Waals surface area contributed by atoms with E-state index in [2.05, 4.69) is 32.5 Å². The largest absolute Gasteiger partial charge is 0.386 e. The van der Waals surface area contributed by atoms with Gasteiger partial charge in [0.2, 0.25) is 5.95 Å². The van der Waals surface area contributed by atoms with Crippen molar-refractivity contribution in [2.75, 3.05) is 18.9 Å². The lowest BCUT2D eigenvalue weighted by molar-refractivity contribution is -0.0522. The number of aliphatic hydroxyl groups is 2. The highest BCUT2D eigenvalue weighted by Crippen LogP contribution is 2.57. The first kappa shape index (κ1) is 26.7. The number of aromatic amines is 1. The molecular formula is C16H23N7O11P2S. The lowest BCUT2D eigenvalue weighted by Crippen LogP contribution is -2.41. The summed E-state index contributed by atoms with van der Waals surface area (Å²) < 4.78 is 59.7. The van der Waals surface area contributed by atoms with E-state index in [0.29, 0.717) is 0 Å². The second-order valence-electron chi connectivity index (χ2n) is 8.21. The molecule has 0 aromatic carbocycles. The highest BCUT2D eigenvalue weighted by Gasteiger charge is 2.51. The van der Waals surface area contributed by atoms with E-state index in [-0.39, 0.29) is 17.1 Å². The molecule has 37 heavy (non-hydrogen) atoms. The van der Waals surface area contributed by atoms with Crippen LogP contribution in [0.25, 0.3) is 11.2 Å². The van der Waals surface area contributed by atoms with Crippen LogP contribution in [0, 0.1) is 5.41 Å². The van der Waals surface area contributed by atoms with E-state index in [1.165, 1.54) is 10.9 Å². The molecule has 18 nitrogen and oxygen atoms in total. The van der Waals surface area contributed by atoms with E-state index < -0.39 is 82.9 Å². The number of anilines is 1. The molecule has 3 saturated heterocycles. The molecule has 0 radical (unpaired) electrons. The molecule has 0 aliphatic carbocycles. The van der Waals surface area contributed by atoms with Gasteiger partial charge < -0.3 is 39.8 Å². The zero-order valence-electron chi connectivity index (χ0n) is 18.6. The fourth-order valence-electron chi connectivity index (χ4n) is 4.23. The number of aliphatic hydroxyl groups excluding tert-OH is 2. The first-order valence-electron chi connectivity index (χ1n) is 10.7. The number of hydrogen-bond donors (Lipinski definition) is 7. The quantitative estimate of drug-likeness (QED) is 0.0938. The number of ether oxygens (including phenoxy) is 2. The van der Waals surface area contributed by atoms with Crippen LogP contribution in [0.2, 0.25) is 0 Å². The number of hydrogen-bond acceptors (Lipinski definition) is 15. The standard InChI is InChI=1S/C16H23N7O11P2S/c17-3-19-14-8(24)10-6(31-14)2-30-36(28,37)34-11-5(1-29-35(27)33-10)32-15(9(11)25)23-4-20-7-12(23)21-16(18)22-13(7)26/h3-6,8-11,14-15,24-25,35H,1-2H2,(H2,17,19)(H,28,37)(H3,18,21,22,26)/t5-,6-,8?,9?,10?,11+,14-,15-,36+/m1/s1. The summed E-state index contributed by atoms with van der Waals surface area (Å²) in [6, 6.07) is 0. The van der Waals surface area contributed by atoms with Crippen molar-refractivity contribution in [3.05, 3.63) is 16.7 Å². The highest BCUT2D eigenvalue weighted by atomic mass is 32.7. The molecule has 0 spiro atoms. The molecule has 7 N–H and O–H groups in total. The number of nitrogens with two attached hydrogens (primary N) is 1. The second-order valence-corrected chi connectivity index (χ2v) is 12.1. The summed E-state index contributed by atoms with van der Waals surface area (Å²) >= 11 is 3.97. The van der Waals surface area contributed by atoms with E-state index in [4.69, 9.17) is 38.7 Å². The van der Waals surface area contributed by atoms with Crippen LogP contribution in [0.1, 0.15) is 6.23 Å². The van der Waals surface area contributed by atoms with Gasteiger partial charge in [0, 0.05) is 0 Å². The van der Waals surface area contributed by atoms with Crippen LogP contribution in [-0.4, -0.2) is 92.1 Å². The van der Waals surface area contributed by atoms with Gasteiger partial charge in [-0.1, -0.05) is 12.2 Å². The Morgan fingerprint density at radius 3 is 2.81 bits per heavy atom. The van der Waals surface area contributed by atoms with E-state index >= 15 is 0 Å². The van der Waals surface area contributed by atoms with Crippen molar-refractivity contribution < 1.29 is 46.9 Å². The molecule has 10 atom stereocenters. The predicted octanol–water partition coefficient (Wildman–Crippen LogP) is -1.51. The van der Waals surface area contributed by atoms with Crippen LogP contribution in [0.15, 0.2) is 11.1 Å². The maximum Gasteiger partial charge on any atom is 0.386 e. The summed E-state index contributed by atoms with van der Waals surface area (Å²) in [5, 5.41) is 31.1. The van der Waals surface area contributed by atoms with Crippen LogP contribution >= 0.6 is 27.3 Å². The topological polar surface area (TPSA) is 255 Å². The van der Waals surface area contributed by atoms with Crippen molar-refractivity contribution in [1.29, 1.82) is 5.41 Å². The lowest BCUT2D eigenvalue weighted by atomic mass is 10.1. The number of nitrogens with zero attached hydrogens (tertiary/aromatic N) is 3. The molecule has 0 amide bonds. The third-order valence-corrected chi connectivity index (χ3v) is 8.35. The fourth-order valence-corrected chi connectivity index (χ4v) is 6.60. The van der Waals surface area contributed by atoms with Crippen molar-refractivity contribution in [2.24, 2.45) is 0 Å².